The minimum absolute atomic E-state index is 0.0850. The number of rotatable bonds is 4. The largest absolute Gasteiger partial charge is 0.494 e. The third kappa shape index (κ3) is 3.87. The molecule has 1 aromatic carbocycles. The Kier molecular flexibility index (Phi) is 4.47. The van der Waals surface area contributed by atoms with Crippen LogP contribution in [0, 0.1) is 0 Å². The summed E-state index contributed by atoms with van der Waals surface area (Å²) in [7, 11) is 1.44. The van der Waals surface area contributed by atoms with Gasteiger partial charge in [0.2, 0.25) is 5.78 Å². The van der Waals surface area contributed by atoms with Crippen molar-refractivity contribution >= 4 is 17.2 Å². The van der Waals surface area contributed by atoms with Crippen LogP contribution in [0.15, 0.2) is 29.3 Å². The van der Waals surface area contributed by atoms with Crippen LogP contribution in [0.3, 0.4) is 0 Å². The topological polar surface area (TPSA) is 38.7 Å². The molecule has 0 saturated carbocycles. The Morgan fingerprint density at radius 3 is 2.50 bits per heavy atom. The van der Waals surface area contributed by atoms with Crippen molar-refractivity contribution < 1.29 is 22.7 Å². The van der Waals surface area contributed by atoms with Crippen molar-refractivity contribution in [3.05, 3.63) is 24.3 Å². The number of aliphatic imine (C=N–C) groups is 1. The van der Waals surface area contributed by atoms with E-state index in [0.717, 1.165) is 0 Å². The van der Waals surface area contributed by atoms with E-state index in [1.165, 1.54) is 14.0 Å². The van der Waals surface area contributed by atoms with Crippen molar-refractivity contribution in [1.82, 2.24) is 0 Å². The maximum atomic E-state index is 12.1. The van der Waals surface area contributed by atoms with E-state index in [4.69, 9.17) is 4.74 Å². The summed E-state index contributed by atoms with van der Waals surface area (Å²) in [6.07, 6.45) is -5.57. The first-order valence-electron chi connectivity index (χ1n) is 5.12. The Hall–Kier alpha value is -1.85. The zero-order valence-corrected chi connectivity index (χ0v) is 9.91. The summed E-state index contributed by atoms with van der Waals surface area (Å²) in [6.45, 7) is 1.37. The maximum absolute atomic E-state index is 12.1. The number of Topliss-reactive ketones (excluding diaryl/α,β-unsaturated/α-hetero) is 1. The van der Waals surface area contributed by atoms with Gasteiger partial charge in [-0.25, -0.2) is 0 Å². The number of alkyl halides is 3. The fourth-order valence-electron chi connectivity index (χ4n) is 1.30. The quantitative estimate of drug-likeness (QED) is 0.778. The van der Waals surface area contributed by atoms with Gasteiger partial charge in [0.15, 0.2) is 0 Å². The van der Waals surface area contributed by atoms with Crippen molar-refractivity contribution in [3.8, 4) is 5.75 Å². The number of benzene rings is 1. The molecule has 0 heterocycles. The van der Waals surface area contributed by atoms with Gasteiger partial charge in [-0.15, -0.1) is 0 Å². The van der Waals surface area contributed by atoms with Gasteiger partial charge in [-0.05, 0) is 19.1 Å². The molecule has 1 aromatic rings. The van der Waals surface area contributed by atoms with E-state index in [0.29, 0.717) is 11.4 Å². The molecule has 18 heavy (non-hydrogen) atoms. The van der Waals surface area contributed by atoms with E-state index in [2.05, 4.69) is 4.99 Å². The van der Waals surface area contributed by atoms with Gasteiger partial charge in [-0.3, -0.25) is 9.79 Å². The SMILES string of the molecule is COc1ccccc1/N=C(\C)CC(=O)C(F)(F)F. The number of halogens is 3. The van der Waals surface area contributed by atoms with Gasteiger partial charge in [0.05, 0.1) is 13.5 Å². The molecule has 0 amide bonds. The van der Waals surface area contributed by atoms with Crippen molar-refractivity contribution in [2.75, 3.05) is 7.11 Å². The molecule has 0 N–H and O–H groups in total. The summed E-state index contributed by atoms with van der Waals surface area (Å²) in [6, 6.07) is 6.63. The minimum atomic E-state index is -4.82. The number of hydrogen-bond donors (Lipinski definition) is 0. The zero-order chi connectivity index (χ0) is 13.8. The molecular weight excluding hydrogens is 247 g/mol. The monoisotopic (exact) mass is 259 g/mol. The van der Waals surface area contributed by atoms with Gasteiger partial charge in [0.25, 0.3) is 0 Å². The van der Waals surface area contributed by atoms with E-state index in [9.17, 15) is 18.0 Å². The number of para-hydroxylation sites is 2. The highest BCUT2D eigenvalue weighted by Gasteiger charge is 2.37. The third-order valence-corrected chi connectivity index (χ3v) is 2.13. The van der Waals surface area contributed by atoms with Crippen molar-refractivity contribution in [3.63, 3.8) is 0 Å². The average Bonchev–Trinajstić information content (AvgIpc) is 2.28. The standard InChI is InChI=1S/C12H12F3NO2/c1-8(7-11(17)12(13,14)15)16-9-5-3-4-6-10(9)18-2/h3-6H,7H2,1-2H3/b16-8+. The van der Waals surface area contributed by atoms with E-state index in [1.54, 1.807) is 24.3 Å². The van der Waals surface area contributed by atoms with E-state index >= 15 is 0 Å². The molecule has 0 radical (unpaired) electrons. The molecule has 0 aliphatic rings. The molecule has 0 bridgehead atoms. The first-order valence-corrected chi connectivity index (χ1v) is 5.12. The maximum Gasteiger partial charge on any atom is 0.450 e. The lowest BCUT2D eigenvalue weighted by Crippen LogP contribution is -2.24. The molecular formula is C12H12F3NO2. The van der Waals surface area contributed by atoms with Crippen molar-refractivity contribution in [2.45, 2.75) is 19.5 Å². The number of carbonyl (C=O) groups is 1. The van der Waals surface area contributed by atoms with E-state index in [1.807, 2.05) is 0 Å². The number of hydrogen-bond acceptors (Lipinski definition) is 3. The van der Waals surface area contributed by atoms with Gasteiger partial charge in [-0.2, -0.15) is 13.2 Å². The molecule has 0 aliphatic carbocycles. The fraction of sp³-hybridized carbons (Fsp3) is 0.333. The molecule has 0 aliphatic heterocycles. The molecule has 0 saturated heterocycles. The Balaban J connectivity index is 2.87. The molecule has 0 atom stereocenters. The van der Waals surface area contributed by atoms with Crippen LogP contribution in [0.5, 0.6) is 5.75 Å². The van der Waals surface area contributed by atoms with Gasteiger partial charge in [0.1, 0.15) is 11.4 Å². The average molecular weight is 259 g/mol. The predicted octanol–water partition coefficient (Wildman–Crippen LogP) is 3.31. The molecule has 0 unspecified atom stereocenters. The van der Waals surface area contributed by atoms with Crippen LogP contribution in [-0.4, -0.2) is 24.8 Å². The van der Waals surface area contributed by atoms with Crippen molar-refractivity contribution in [2.24, 2.45) is 4.99 Å². The number of ketones is 1. The molecule has 0 aromatic heterocycles. The Morgan fingerprint density at radius 1 is 1.33 bits per heavy atom. The number of nitrogens with zero attached hydrogens (tertiary/aromatic N) is 1. The van der Waals surface area contributed by atoms with Crippen LogP contribution < -0.4 is 4.74 Å². The van der Waals surface area contributed by atoms with E-state index in [-0.39, 0.29) is 5.71 Å². The van der Waals surface area contributed by atoms with Crippen LogP contribution in [0.25, 0.3) is 0 Å². The number of methoxy groups -OCH3 is 1. The predicted molar refractivity (Wildman–Crippen MR) is 61.4 cm³/mol. The lowest BCUT2D eigenvalue weighted by atomic mass is 10.2. The first kappa shape index (κ1) is 14.2. The van der Waals surface area contributed by atoms with Crippen LogP contribution in [0.1, 0.15) is 13.3 Å². The highest BCUT2D eigenvalue weighted by atomic mass is 19.4. The van der Waals surface area contributed by atoms with Gasteiger partial charge >= 0.3 is 6.18 Å². The van der Waals surface area contributed by atoms with Gasteiger partial charge in [-0.1, -0.05) is 12.1 Å². The number of carbonyl (C=O) groups excluding carboxylic acids is 1. The van der Waals surface area contributed by atoms with Crippen molar-refractivity contribution in [1.29, 1.82) is 0 Å². The van der Waals surface area contributed by atoms with E-state index < -0.39 is 18.4 Å². The lowest BCUT2D eigenvalue weighted by Gasteiger charge is -2.06. The highest BCUT2D eigenvalue weighted by Crippen LogP contribution is 2.27. The summed E-state index contributed by atoms with van der Waals surface area (Å²) in [5, 5.41) is 0. The minimum Gasteiger partial charge on any atom is -0.494 e. The van der Waals surface area contributed by atoms with Crippen LogP contribution >= 0.6 is 0 Å². The normalized spacial score (nSPS) is 12.4. The highest BCUT2D eigenvalue weighted by molar-refractivity contribution is 6.04. The Bertz CT molecular complexity index is 467. The smallest absolute Gasteiger partial charge is 0.450 e. The third-order valence-electron chi connectivity index (χ3n) is 2.13. The number of ether oxygens (including phenoxy) is 1. The second kappa shape index (κ2) is 5.66. The summed E-state index contributed by atoms with van der Waals surface area (Å²) in [4.78, 5) is 14.7. The second-order valence-electron chi connectivity index (χ2n) is 3.62. The Morgan fingerprint density at radius 2 is 1.94 bits per heavy atom. The zero-order valence-electron chi connectivity index (χ0n) is 9.91. The Labute approximate surface area is 102 Å². The molecule has 3 nitrogen and oxygen atoms in total. The lowest BCUT2D eigenvalue weighted by molar-refractivity contribution is -0.169. The molecule has 6 heteroatoms. The van der Waals surface area contributed by atoms with Gasteiger partial charge < -0.3 is 4.74 Å². The van der Waals surface area contributed by atoms with Crippen LogP contribution in [-0.2, 0) is 4.79 Å². The fourth-order valence-corrected chi connectivity index (χ4v) is 1.30. The van der Waals surface area contributed by atoms with Crippen LogP contribution in [0.2, 0.25) is 0 Å². The second-order valence-corrected chi connectivity index (χ2v) is 3.62. The summed E-state index contributed by atoms with van der Waals surface area (Å²) >= 11 is 0. The summed E-state index contributed by atoms with van der Waals surface area (Å²) in [5.41, 5.74) is 0.481. The first-order chi connectivity index (χ1) is 8.34. The molecule has 1 rings (SSSR count). The van der Waals surface area contributed by atoms with Gasteiger partial charge in [0, 0.05) is 5.71 Å². The molecule has 0 spiro atoms. The molecule has 98 valence electrons. The summed E-state index contributed by atoms with van der Waals surface area (Å²) in [5.74, 6) is -1.37. The summed E-state index contributed by atoms with van der Waals surface area (Å²) < 4.78 is 41.2. The molecule has 0 fully saturated rings. The van der Waals surface area contributed by atoms with Crippen LogP contribution in [0.4, 0.5) is 18.9 Å².